The molecule has 0 spiro atoms. The molecule has 1 atom stereocenters. The smallest absolute Gasteiger partial charge is 0.271 e. The lowest BCUT2D eigenvalue weighted by atomic mass is 10.0. The maximum absolute atomic E-state index is 12.9. The highest BCUT2D eigenvalue weighted by Gasteiger charge is 2.28. The Bertz CT molecular complexity index is 1050. The van der Waals surface area contributed by atoms with Crippen molar-refractivity contribution in [1.82, 2.24) is 9.62 Å². The number of hydrogen-bond acceptors (Lipinski definition) is 6. The van der Waals surface area contributed by atoms with Gasteiger partial charge in [0.1, 0.15) is 4.21 Å². The molecule has 0 bridgehead atoms. The van der Waals surface area contributed by atoms with Crippen molar-refractivity contribution in [3.8, 4) is 0 Å². The molecule has 1 aromatic heterocycles. The Kier molecular flexibility index (Phi) is 6.62. The quantitative estimate of drug-likeness (QED) is 0.661. The largest absolute Gasteiger partial charge is 0.334 e. The summed E-state index contributed by atoms with van der Waals surface area (Å²) in [5.74, 6) is -0.197. The first kappa shape index (κ1) is 21.8. The number of sulfonamides is 2. The van der Waals surface area contributed by atoms with E-state index in [0.717, 1.165) is 36.9 Å². The third-order valence-corrected chi connectivity index (χ3v) is 8.08. The van der Waals surface area contributed by atoms with Gasteiger partial charge in [0, 0.05) is 30.4 Å². The van der Waals surface area contributed by atoms with Crippen molar-refractivity contribution >= 4 is 43.0 Å². The van der Waals surface area contributed by atoms with Gasteiger partial charge in [-0.25, -0.2) is 21.6 Å². The highest BCUT2D eigenvalue weighted by atomic mass is 32.2. The molecule has 0 radical (unpaired) electrons. The zero-order valence-corrected chi connectivity index (χ0v) is 18.3. The lowest BCUT2D eigenvalue weighted by Gasteiger charge is -2.35. The topological polar surface area (TPSA) is 113 Å². The number of amides is 1. The predicted octanol–water partition coefficient (Wildman–Crippen LogP) is 2.09. The molecule has 0 saturated carbocycles. The van der Waals surface area contributed by atoms with E-state index >= 15 is 0 Å². The number of thiophene rings is 1. The summed E-state index contributed by atoms with van der Waals surface area (Å²) < 4.78 is 52.5. The van der Waals surface area contributed by atoms with Crippen molar-refractivity contribution < 1.29 is 21.6 Å². The molecule has 158 valence electrons. The first-order valence-corrected chi connectivity index (χ1v) is 13.3. The number of nitrogens with zero attached hydrogens (tertiary/aromatic N) is 1. The van der Waals surface area contributed by atoms with Crippen LogP contribution in [0.3, 0.4) is 0 Å². The van der Waals surface area contributed by atoms with E-state index in [9.17, 15) is 21.6 Å². The Balaban J connectivity index is 1.70. The van der Waals surface area contributed by atoms with E-state index < -0.39 is 20.0 Å². The van der Waals surface area contributed by atoms with Gasteiger partial charge >= 0.3 is 0 Å². The van der Waals surface area contributed by atoms with Crippen LogP contribution in [0.1, 0.15) is 29.6 Å². The van der Waals surface area contributed by atoms with Crippen LogP contribution < -0.4 is 9.44 Å². The second-order valence-corrected chi connectivity index (χ2v) is 11.6. The van der Waals surface area contributed by atoms with Gasteiger partial charge in [0.05, 0.1) is 6.26 Å². The van der Waals surface area contributed by atoms with Gasteiger partial charge < -0.3 is 4.90 Å². The van der Waals surface area contributed by atoms with Gasteiger partial charge in [-0.3, -0.25) is 9.52 Å². The molecule has 1 amide bonds. The van der Waals surface area contributed by atoms with E-state index in [4.69, 9.17) is 0 Å². The number of carbonyl (C=O) groups excluding carboxylic acids is 1. The Labute approximate surface area is 175 Å². The molecule has 8 nitrogen and oxygen atoms in total. The normalized spacial score (nSPS) is 17.8. The first-order valence-electron chi connectivity index (χ1n) is 9.08. The Morgan fingerprint density at radius 3 is 2.48 bits per heavy atom. The average molecular weight is 458 g/mol. The lowest BCUT2D eigenvalue weighted by molar-refractivity contribution is 0.0619. The third-order valence-electron chi connectivity index (χ3n) is 4.61. The van der Waals surface area contributed by atoms with E-state index in [1.807, 2.05) is 0 Å². The van der Waals surface area contributed by atoms with Crippen molar-refractivity contribution in [3.05, 3.63) is 47.3 Å². The van der Waals surface area contributed by atoms with E-state index in [0.29, 0.717) is 17.8 Å². The number of anilines is 1. The monoisotopic (exact) mass is 457 g/mol. The summed E-state index contributed by atoms with van der Waals surface area (Å²) in [6.45, 7) is 0.741. The number of nitrogens with one attached hydrogen (secondary N) is 2. The minimum atomic E-state index is -3.65. The van der Waals surface area contributed by atoms with Crippen LogP contribution in [-0.4, -0.2) is 53.0 Å². The van der Waals surface area contributed by atoms with Gasteiger partial charge in [-0.2, -0.15) is 0 Å². The van der Waals surface area contributed by atoms with Gasteiger partial charge in [-0.15, -0.1) is 11.3 Å². The van der Waals surface area contributed by atoms with Crippen molar-refractivity contribution in [1.29, 1.82) is 0 Å². The summed E-state index contributed by atoms with van der Waals surface area (Å²) in [7, 11) is -6.98. The molecular formula is C18H23N3O5S3. The maximum Gasteiger partial charge on any atom is 0.271 e. The van der Waals surface area contributed by atoms with Crippen LogP contribution in [0, 0.1) is 0 Å². The fraction of sp³-hybridized carbons (Fsp3) is 0.389. The third kappa shape index (κ3) is 5.78. The van der Waals surface area contributed by atoms with Gasteiger partial charge in [0.15, 0.2) is 0 Å². The van der Waals surface area contributed by atoms with E-state index in [1.54, 1.807) is 40.6 Å². The second kappa shape index (κ2) is 8.82. The van der Waals surface area contributed by atoms with Crippen LogP contribution in [0.15, 0.2) is 46.0 Å². The van der Waals surface area contributed by atoms with Crippen LogP contribution in [-0.2, 0) is 20.0 Å². The SMILES string of the molecule is CS(=O)(=O)NCC1CCCCN1C(=O)c1ccc(NS(=O)(=O)c2cccs2)cc1. The number of benzene rings is 1. The summed E-state index contributed by atoms with van der Waals surface area (Å²) in [6.07, 6.45) is 3.62. The molecular weight excluding hydrogens is 434 g/mol. The number of piperidine rings is 1. The average Bonchev–Trinajstić information content (AvgIpc) is 3.22. The Morgan fingerprint density at radius 2 is 1.86 bits per heavy atom. The molecule has 2 N–H and O–H groups in total. The predicted molar refractivity (Wildman–Crippen MR) is 113 cm³/mol. The summed E-state index contributed by atoms with van der Waals surface area (Å²) >= 11 is 1.12. The van der Waals surface area contributed by atoms with Crippen LogP contribution in [0.4, 0.5) is 5.69 Å². The second-order valence-electron chi connectivity index (χ2n) is 6.88. The van der Waals surface area contributed by atoms with Gasteiger partial charge in [-0.05, 0) is 55.0 Å². The van der Waals surface area contributed by atoms with Crippen LogP contribution in [0.25, 0.3) is 0 Å². The van der Waals surface area contributed by atoms with Crippen LogP contribution in [0.5, 0.6) is 0 Å². The molecule has 29 heavy (non-hydrogen) atoms. The number of hydrogen-bond donors (Lipinski definition) is 2. The van der Waals surface area contributed by atoms with Crippen LogP contribution >= 0.6 is 11.3 Å². The zero-order valence-electron chi connectivity index (χ0n) is 15.9. The van der Waals surface area contributed by atoms with E-state index in [-0.39, 0.29) is 22.7 Å². The first-order chi connectivity index (χ1) is 13.7. The molecule has 3 rings (SSSR count). The molecule has 2 heterocycles. The fourth-order valence-corrected chi connectivity index (χ4v) is 5.74. The van der Waals surface area contributed by atoms with E-state index in [1.165, 1.54) is 6.07 Å². The van der Waals surface area contributed by atoms with Crippen molar-refractivity contribution in [3.63, 3.8) is 0 Å². The molecule has 1 aliphatic heterocycles. The van der Waals surface area contributed by atoms with Gasteiger partial charge in [-0.1, -0.05) is 6.07 Å². The molecule has 1 unspecified atom stereocenters. The zero-order chi connectivity index (χ0) is 21.1. The molecule has 2 aromatic rings. The minimum Gasteiger partial charge on any atom is -0.334 e. The summed E-state index contributed by atoms with van der Waals surface area (Å²) in [5.41, 5.74) is 0.791. The fourth-order valence-electron chi connectivity index (χ4n) is 3.20. The number of rotatable bonds is 7. The number of likely N-dealkylation sites (tertiary alicyclic amines) is 1. The summed E-state index contributed by atoms with van der Waals surface area (Å²) in [4.78, 5) is 14.6. The lowest BCUT2D eigenvalue weighted by Crippen LogP contribution is -2.49. The van der Waals surface area contributed by atoms with Crippen molar-refractivity contribution in [2.45, 2.75) is 29.5 Å². The molecule has 11 heteroatoms. The van der Waals surface area contributed by atoms with Crippen molar-refractivity contribution in [2.75, 3.05) is 24.1 Å². The number of carbonyl (C=O) groups is 1. The minimum absolute atomic E-state index is 0.184. The molecule has 1 aromatic carbocycles. The summed E-state index contributed by atoms with van der Waals surface area (Å²) in [5, 5.41) is 1.68. The van der Waals surface area contributed by atoms with E-state index in [2.05, 4.69) is 9.44 Å². The molecule has 0 aliphatic carbocycles. The highest BCUT2D eigenvalue weighted by Crippen LogP contribution is 2.23. The molecule has 1 saturated heterocycles. The molecule has 1 aliphatic rings. The maximum atomic E-state index is 12.9. The van der Waals surface area contributed by atoms with Crippen molar-refractivity contribution in [2.24, 2.45) is 0 Å². The Morgan fingerprint density at radius 1 is 1.14 bits per heavy atom. The highest BCUT2D eigenvalue weighted by molar-refractivity contribution is 7.94. The summed E-state index contributed by atoms with van der Waals surface area (Å²) in [6, 6.07) is 9.22. The van der Waals surface area contributed by atoms with Crippen LogP contribution in [0.2, 0.25) is 0 Å². The standard InChI is InChI=1S/C18H23N3O5S3/c1-28(23,24)19-13-16-5-2-3-11-21(16)18(22)14-7-9-15(10-8-14)20-29(25,26)17-6-4-12-27-17/h4,6-10,12,16,19-20H,2-3,5,11,13H2,1H3. The van der Waals surface area contributed by atoms with Gasteiger partial charge in [0.25, 0.3) is 15.9 Å². The van der Waals surface area contributed by atoms with Gasteiger partial charge in [0.2, 0.25) is 10.0 Å². The molecule has 1 fully saturated rings. The Hall–Kier alpha value is -1.95.